The van der Waals surface area contributed by atoms with Gasteiger partial charge >= 0.3 is 5.69 Å². The molecule has 8 heteroatoms. The summed E-state index contributed by atoms with van der Waals surface area (Å²) >= 11 is 0. The molecular weight excluding hydrogens is 314 g/mol. The Morgan fingerprint density at radius 1 is 1.33 bits per heavy atom. The van der Waals surface area contributed by atoms with Crippen LogP contribution in [0.1, 0.15) is 22.8 Å². The summed E-state index contributed by atoms with van der Waals surface area (Å²) in [5.41, 5.74) is 2.89. The number of amides is 1. The molecule has 0 saturated heterocycles. The van der Waals surface area contributed by atoms with E-state index in [9.17, 15) is 14.9 Å². The largest absolute Gasteiger partial charge is 0.508 e. The fraction of sp³-hybridized carbons (Fsp3) is 0.125. The first-order valence-electron chi connectivity index (χ1n) is 7.05. The zero-order valence-electron chi connectivity index (χ0n) is 12.8. The smallest absolute Gasteiger partial charge is 0.311 e. The van der Waals surface area contributed by atoms with Crippen LogP contribution in [0.3, 0.4) is 0 Å². The number of nitrogens with zero attached hydrogens (tertiary/aromatic N) is 2. The van der Waals surface area contributed by atoms with Crippen LogP contribution in [-0.2, 0) is 0 Å². The Bertz CT molecular complexity index is 772. The number of benzene rings is 2. The fourth-order valence-electron chi connectivity index (χ4n) is 1.88. The molecule has 2 rings (SSSR count). The second-order valence-corrected chi connectivity index (χ2v) is 4.66. The molecule has 0 radical (unpaired) electrons. The van der Waals surface area contributed by atoms with Gasteiger partial charge in [-0.1, -0.05) is 0 Å². The van der Waals surface area contributed by atoms with Gasteiger partial charge < -0.3 is 9.84 Å². The van der Waals surface area contributed by atoms with Crippen LogP contribution in [0, 0.1) is 10.1 Å². The number of ether oxygens (including phenoxy) is 1. The minimum atomic E-state index is -0.544. The summed E-state index contributed by atoms with van der Waals surface area (Å²) in [5.74, 6) is -0.240. The lowest BCUT2D eigenvalue weighted by molar-refractivity contribution is -0.385. The number of hydrogen-bond donors (Lipinski definition) is 2. The number of rotatable bonds is 6. The molecule has 0 aliphatic carbocycles. The Morgan fingerprint density at radius 2 is 2.04 bits per heavy atom. The number of nitro groups is 1. The first kappa shape index (κ1) is 16.9. The highest BCUT2D eigenvalue weighted by Crippen LogP contribution is 2.27. The van der Waals surface area contributed by atoms with Gasteiger partial charge in [0.15, 0.2) is 5.75 Å². The molecule has 0 atom stereocenters. The van der Waals surface area contributed by atoms with Crippen LogP contribution >= 0.6 is 0 Å². The lowest BCUT2D eigenvalue weighted by Gasteiger charge is -2.04. The normalized spacial score (nSPS) is 10.5. The summed E-state index contributed by atoms with van der Waals surface area (Å²) in [4.78, 5) is 22.3. The minimum absolute atomic E-state index is 0.0525. The van der Waals surface area contributed by atoms with Crippen molar-refractivity contribution in [2.75, 3.05) is 6.61 Å². The Labute approximate surface area is 137 Å². The van der Waals surface area contributed by atoms with Crippen LogP contribution in [0.5, 0.6) is 11.5 Å². The third kappa shape index (κ3) is 4.29. The first-order chi connectivity index (χ1) is 11.5. The maximum atomic E-state index is 11.8. The molecule has 0 aromatic heterocycles. The number of phenols is 1. The number of nitrogens with one attached hydrogen (secondary N) is 1. The second kappa shape index (κ2) is 7.73. The molecule has 124 valence electrons. The number of hydrazone groups is 1. The summed E-state index contributed by atoms with van der Waals surface area (Å²) in [6, 6.07) is 10.0. The molecule has 0 aliphatic rings. The first-order valence-corrected chi connectivity index (χ1v) is 7.05. The third-order valence-electron chi connectivity index (χ3n) is 2.99. The van der Waals surface area contributed by atoms with Crippen molar-refractivity contribution in [3.05, 3.63) is 63.7 Å². The van der Waals surface area contributed by atoms with Crippen LogP contribution in [0.15, 0.2) is 47.6 Å². The predicted octanol–water partition coefficient (Wildman–Crippen LogP) is 2.46. The topological polar surface area (TPSA) is 114 Å². The number of carbonyl (C=O) groups is 1. The Hall–Kier alpha value is -3.42. The van der Waals surface area contributed by atoms with Gasteiger partial charge in [-0.15, -0.1) is 0 Å². The zero-order valence-corrected chi connectivity index (χ0v) is 12.8. The van der Waals surface area contributed by atoms with Crippen LogP contribution in [0.4, 0.5) is 5.69 Å². The Morgan fingerprint density at radius 3 is 2.67 bits per heavy atom. The number of nitro benzene ring substituents is 1. The van der Waals surface area contributed by atoms with Gasteiger partial charge in [0.05, 0.1) is 17.7 Å². The lowest BCUT2D eigenvalue weighted by atomic mass is 10.2. The SMILES string of the molecule is CCOc1ccc(/C=N\NC(=O)c2ccc(O)cc2)cc1[N+](=O)[O-]. The zero-order chi connectivity index (χ0) is 17.5. The standard InChI is InChI=1S/C16H15N3O5/c1-2-24-15-8-3-11(9-14(15)19(22)23)10-17-18-16(21)12-4-6-13(20)7-5-12/h3-10,20H,2H2,1H3,(H,18,21)/b17-10-. The third-order valence-corrected chi connectivity index (χ3v) is 2.99. The van der Waals surface area contributed by atoms with E-state index >= 15 is 0 Å². The lowest BCUT2D eigenvalue weighted by Crippen LogP contribution is -2.17. The number of aromatic hydroxyl groups is 1. The van der Waals surface area contributed by atoms with E-state index in [1.54, 1.807) is 13.0 Å². The minimum Gasteiger partial charge on any atom is -0.508 e. The fourth-order valence-corrected chi connectivity index (χ4v) is 1.88. The van der Waals surface area contributed by atoms with Gasteiger partial charge in [0.2, 0.25) is 0 Å². The molecule has 1 amide bonds. The van der Waals surface area contributed by atoms with Crippen molar-refractivity contribution in [2.24, 2.45) is 5.10 Å². The number of phenolic OH excluding ortho intramolecular Hbond substituents is 1. The highest BCUT2D eigenvalue weighted by Gasteiger charge is 2.15. The van der Waals surface area contributed by atoms with Crippen molar-refractivity contribution < 1.29 is 19.6 Å². The molecule has 0 saturated carbocycles. The molecule has 2 N–H and O–H groups in total. The molecule has 0 bridgehead atoms. The van der Waals surface area contributed by atoms with E-state index in [0.717, 1.165) is 0 Å². The molecule has 2 aromatic rings. The van der Waals surface area contributed by atoms with Gasteiger partial charge in [0.25, 0.3) is 5.91 Å². The highest BCUT2D eigenvalue weighted by molar-refractivity contribution is 5.95. The maximum absolute atomic E-state index is 11.8. The second-order valence-electron chi connectivity index (χ2n) is 4.66. The van der Waals surface area contributed by atoms with Gasteiger partial charge in [0.1, 0.15) is 5.75 Å². The summed E-state index contributed by atoms with van der Waals surface area (Å²) < 4.78 is 5.19. The number of hydrogen-bond acceptors (Lipinski definition) is 6. The summed E-state index contributed by atoms with van der Waals surface area (Å²) in [7, 11) is 0. The van der Waals surface area contributed by atoms with Crippen molar-refractivity contribution in [3.8, 4) is 11.5 Å². The monoisotopic (exact) mass is 329 g/mol. The van der Waals surface area contributed by atoms with Gasteiger partial charge in [-0.25, -0.2) is 5.43 Å². The van der Waals surface area contributed by atoms with Gasteiger partial charge in [0, 0.05) is 17.2 Å². The molecule has 0 heterocycles. The van der Waals surface area contributed by atoms with Gasteiger partial charge in [-0.3, -0.25) is 14.9 Å². The van der Waals surface area contributed by atoms with Gasteiger partial charge in [-0.2, -0.15) is 5.10 Å². The molecule has 24 heavy (non-hydrogen) atoms. The van der Waals surface area contributed by atoms with Crippen molar-refractivity contribution in [1.82, 2.24) is 5.43 Å². The van der Waals surface area contributed by atoms with Gasteiger partial charge in [-0.05, 0) is 43.3 Å². The maximum Gasteiger partial charge on any atom is 0.311 e. The predicted molar refractivity (Wildman–Crippen MR) is 87.4 cm³/mol. The molecular formula is C16H15N3O5. The molecule has 0 spiro atoms. The van der Waals surface area contributed by atoms with E-state index < -0.39 is 10.8 Å². The Kier molecular flexibility index (Phi) is 5.45. The van der Waals surface area contributed by atoms with Crippen molar-refractivity contribution in [2.45, 2.75) is 6.92 Å². The summed E-state index contributed by atoms with van der Waals surface area (Å²) in [6.45, 7) is 2.05. The van der Waals surface area contributed by atoms with Crippen molar-refractivity contribution in [1.29, 1.82) is 0 Å². The van der Waals surface area contributed by atoms with Crippen LogP contribution < -0.4 is 10.2 Å². The number of carbonyl (C=O) groups excluding carboxylic acids is 1. The Balaban J connectivity index is 2.08. The van der Waals surface area contributed by atoms with E-state index in [2.05, 4.69) is 10.5 Å². The molecule has 2 aromatic carbocycles. The average molecular weight is 329 g/mol. The molecule has 0 fully saturated rings. The average Bonchev–Trinajstić information content (AvgIpc) is 2.56. The van der Waals surface area contributed by atoms with E-state index in [-0.39, 0.29) is 17.2 Å². The van der Waals surface area contributed by atoms with Crippen LogP contribution in [-0.4, -0.2) is 28.8 Å². The molecule has 0 aliphatic heterocycles. The van der Waals surface area contributed by atoms with E-state index in [1.807, 2.05) is 0 Å². The van der Waals surface area contributed by atoms with Crippen LogP contribution in [0.2, 0.25) is 0 Å². The quantitative estimate of drug-likeness (QED) is 0.480. The van der Waals surface area contributed by atoms with E-state index in [0.29, 0.717) is 17.7 Å². The highest BCUT2D eigenvalue weighted by atomic mass is 16.6. The van der Waals surface area contributed by atoms with Crippen molar-refractivity contribution in [3.63, 3.8) is 0 Å². The van der Waals surface area contributed by atoms with E-state index in [4.69, 9.17) is 9.84 Å². The summed E-state index contributed by atoms with van der Waals surface area (Å²) in [6.07, 6.45) is 1.29. The summed E-state index contributed by atoms with van der Waals surface area (Å²) in [5, 5.41) is 24.0. The molecule has 8 nitrogen and oxygen atoms in total. The molecule has 0 unspecified atom stereocenters. The van der Waals surface area contributed by atoms with Crippen LogP contribution in [0.25, 0.3) is 0 Å². The van der Waals surface area contributed by atoms with Crippen molar-refractivity contribution >= 4 is 17.8 Å². The van der Waals surface area contributed by atoms with E-state index in [1.165, 1.54) is 42.6 Å².